The van der Waals surface area contributed by atoms with Crippen LogP contribution in [0.5, 0.6) is 0 Å². The number of pyridine rings is 1. The first kappa shape index (κ1) is 19.9. The number of carbonyl (C=O) groups is 2. The van der Waals surface area contributed by atoms with E-state index >= 15 is 0 Å². The Morgan fingerprint density at radius 2 is 2.13 bits per heavy atom. The van der Waals surface area contributed by atoms with Crippen LogP contribution in [0, 0.1) is 5.92 Å². The van der Waals surface area contributed by atoms with Gasteiger partial charge in [-0.1, -0.05) is 19.9 Å². The van der Waals surface area contributed by atoms with E-state index in [4.69, 9.17) is 4.42 Å². The predicted molar refractivity (Wildman–Crippen MR) is 114 cm³/mol. The molecule has 0 fully saturated rings. The zero-order valence-electron chi connectivity index (χ0n) is 17.3. The summed E-state index contributed by atoms with van der Waals surface area (Å²) in [6.07, 6.45) is 9.12. The fourth-order valence-electron chi connectivity index (χ4n) is 3.54. The molecule has 1 aliphatic heterocycles. The van der Waals surface area contributed by atoms with E-state index in [0.29, 0.717) is 25.4 Å². The molecular formula is C23H26N4O3. The van der Waals surface area contributed by atoms with Gasteiger partial charge in [0, 0.05) is 44.1 Å². The number of amides is 2. The number of furan rings is 1. The van der Waals surface area contributed by atoms with E-state index in [0.717, 1.165) is 29.6 Å². The van der Waals surface area contributed by atoms with Crippen LogP contribution >= 0.6 is 0 Å². The van der Waals surface area contributed by atoms with Gasteiger partial charge in [-0.2, -0.15) is 0 Å². The summed E-state index contributed by atoms with van der Waals surface area (Å²) in [4.78, 5) is 30.9. The summed E-state index contributed by atoms with van der Waals surface area (Å²) in [7, 11) is 0. The maximum atomic E-state index is 12.5. The molecule has 0 spiro atoms. The molecule has 0 aromatic carbocycles. The lowest BCUT2D eigenvalue weighted by Crippen LogP contribution is -2.37. The Hall–Kier alpha value is -3.35. The average molecular weight is 406 g/mol. The van der Waals surface area contributed by atoms with Crippen molar-refractivity contribution in [1.29, 1.82) is 0 Å². The Labute approximate surface area is 175 Å². The first-order valence-corrected chi connectivity index (χ1v) is 10.3. The molecule has 4 heterocycles. The molecule has 2 amide bonds. The molecule has 1 N–H and O–H groups in total. The normalized spacial score (nSPS) is 15.1. The summed E-state index contributed by atoms with van der Waals surface area (Å²) in [5, 5.41) is 2.89. The van der Waals surface area contributed by atoms with E-state index < -0.39 is 0 Å². The van der Waals surface area contributed by atoms with Gasteiger partial charge in [-0.15, -0.1) is 0 Å². The van der Waals surface area contributed by atoms with Crippen LogP contribution in [0.15, 0.2) is 53.3 Å². The number of hydrogen-bond acceptors (Lipinski definition) is 4. The minimum atomic E-state index is -0.255. The molecular weight excluding hydrogens is 380 g/mol. The van der Waals surface area contributed by atoms with E-state index in [1.165, 1.54) is 0 Å². The van der Waals surface area contributed by atoms with E-state index in [1.54, 1.807) is 12.3 Å². The third-order valence-electron chi connectivity index (χ3n) is 5.62. The van der Waals surface area contributed by atoms with Gasteiger partial charge in [-0.05, 0) is 48.2 Å². The third kappa shape index (κ3) is 4.15. The van der Waals surface area contributed by atoms with Crippen molar-refractivity contribution >= 4 is 23.0 Å². The summed E-state index contributed by atoms with van der Waals surface area (Å²) in [5.74, 6) is 0.962. The summed E-state index contributed by atoms with van der Waals surface area (Å²) >= 11 is 0. The summed E-state index contributed by atoms with van der Waals surface area (Å²) in [6.45, 7) is 5.64. The van der Waals surface area contributed by atoms with Gasteiger partial charge in [0.1, 0.15) is 11.4 Å². The molecule has 4 rings (SSSR count). The SMILES string of the molecule is CC[C@H](C)C(=O)N1CC=C(c2ccc(C(=O)NCc3ccn4ccnc4c3)o2)CC1. The maximum Gasteiger partial charge on any atom is 0.287 e. The number of nitrogens with one attached hydrogen (secondary N) is 1. The molecule has 30 heavy (non-hydrogen) atoms. The Balaban J connectivity index is 1.36. The average Bonchev–Trinajstić information content (AvgIpc) is 3.46. The first-order valence-electron chi connectivity index (χ1n) is 10.3. The lowest BCUT2D eigenvalue weighted by Gasteiger charge is -2.28. The van der Waals surface area contributed by atoms with Gasteiger partial charge < -0.3 is 19.0 Å². The quantitative estimate of drug-likeness (QED) is 0.679. The van der Waals surface area contributed by atoms with Crippen LogP contribution in [-0.4, -0.2) is 39.2 Å². The van der Waals surface area contributed by atoms with Gasteiger partial charge in [-0.3, -0.25) is 9.59 Å². The molecule has 3 aromatic heterocycles. The van der Waals surface area contributed by atoms with Crippen molar-refractivity contribution in [3.05, 3.63) is 66.0 Å². The van der Waals surface area contributed by atoms with Crippen LogP contribution in [0.1, 0.15) is 48.6 Å². The van der Waals surface area contributed by atoms with Crippen LogP contribution in [0.25, 0.3) is 11.2 Å². The van der Waals surface area contributed by atoms with Gasteiger partial charge in [0.25, 0.3) is 5.91 Å². The largest absolute Gasteiger partial charge is 0.451 e. The maximum absolute atomic E-state index is 12.5. The minimum Gasteiger partial charge on any atom is -0.451 e. The lowest BCUT2D eigenvalue weighted by molar-refractivity contribution is -0.134. The highest BCUT2D eigenvalue weighted by molar-refractivity contribution is 5.92. The van der Waals surface area contributed by atoms with Crippen molar-refractivity contribution in [3.63, 3.8) is 0 Å². The van der Waals surface area contributed by atoms with E-state index in [1.807, 2.05) is 59.8 Å². The molecule has 0 bridgehead atoms. The number of fused-ring (bicyclic) bond motifs is 1. The van der Waals surface area contributed by atoms with Crippen molar-refractivity contribution < 1.29 is 14.0 Å². The van der Waals surface area contributed by atoms with Crippen LogP contribution in [-0.2, 0) is 11.3 Å². The van der Waals surface area contributed by atoms with Crippen LogP contribution in [0.4, 0.5) is 0 Å². The van der Waals surface area contributed by atoms with Crippen molar-refractivity contribution in [3.8, 4) is 0 Å². The van der Waals surface area contributed by atoms with Crippen LogP contribution < -0.4 is 5.32 Å². The number of hydrogen-bond donors (Lipinski definition) is 1. The summed E-state index contributed by atoms with van der Waals surface area (Å²) < 4.78 is 7.71. The second kappa shape index (κ2) is 8.57. The van der Waals surface area contributed by atoms with Crippen molar-refractivity contribution in [2.45, 2.75) is 33.2 Å². The van der Waals surface area contributed by atoms with Crippen molar-refractivity contribution in [1.82, 2.24) is 19.6 Å². The summed E-state index contributed by atoms with van der Waals surface area (Å²) in [5.41, 5.74) is 2.84. The van der Waals surface area contributed by atoms with Gasteiger partial charge >= 0.3 is 0 Å². The lowest BCUT2D eigenvalue weighted by atomic mass is 10.0. The molecule has 0 aliphatic carbocycles. The predicted octanol–water partition coefficient (Wildman–Crippen LogP) is 3.52. The number of imidazole rings is 1. The molecule has 0 saturated carbocycles. The standard InChI is InChI=1S/C23H26N4O3/c1-3-16(2)23(29)27-11-7-18(8-12-27)19-4-5-20(30-19)22(28)25-15-17-6-10-26-13-9-24-21(26)14-17/h4-7,9-10,13-14,16H,3,8,11-12,15H2,1-2H3,(H,25,28)/t16-/m0/s1. The van der Waals surface area contributed by atoms with Crippen molar-refractivity contribution in [2.75, 3.05) is 13.1 Å². The highest BCUT2D eigenvalue weighted by Crippen LogP contribution is 2.25. The number of carbonyl (C=O) groups excluding carboxylic acids is 2. The van der Waals surface area contributed by atoms with E-state index in [9.17, 15) is 9.59 Å². The third-order valence-corrected chi connectivity index (χ3v) is 5.62. The Morgan fingerprint density at radius 3 is 2.90 bits per heavy atom. The number of aromatic nitrogens is 2. The van der Waals surface area contributed by atoms with Crippen LogP contribution in [0.2, 0.25) is 0 Å². The van der Waals surface area contributed by atoms with Gasteiger partial charge in [0.15, 0.2) is 5.76 Å². The second-order valence-electron chi connectivity index (χ2n) is 7.65. The summed E-state index contributed by atoms with van der Waals surface area (Å²) in [6, 6.07) is 7.40. The minimum absolute atomic E-state index is 0.0491. The molecule has 1 aliphatic rings. The zero-order chi connectivity index (χ0) is 21.1. The highest BCUT2D eigenvalue weighted by Gasteiger charge is 2.23. The fraction of sp³-hybridized carbons (Fsp3) is 0.348. The van der Waals surface area contributed by atoms with Crippen LogP contribution in [0.3, 0.4) is 0 Å². The topological polar surface area (TPSA) is 79.9 Å². The van der Waals surface area contributed by atoms with Crippen molar-refractivity contribution in [2.24, 2.45) is 5.92 Å². The van der Waals surface area contributed by atoms with E-state index in [-0.39, 0.29) is 23.5 Å². The Bertz CT molecular complexity index is 1090. The molecule has 3 aromatic rings. The number of nitrogens with zero attached hydrogens (tertiary/aromatic N) is 3. The molecule has 7 nitrogen and oxygen atoms in total. The zero-order valence-corrected chi connectivity index (χ0v) is 17.3. The van der Waals surface area contributed by atoms with E-state index in [2.05, 4.69) is 10.3 Å². The molecule has 7 heteroatoms. The molecule has 0 unspecified atom stereocenters. The highest BCUT2D eigenvalue weighted by atomic mass is 16.4. The number of rotatable bonds is 6. The second-order valence-corrected chi connectivity index (χ2v) is 7.65. The molecule has 0 saturated heterocycles. The molecule has 0 radical (unpaired) electrons. The Morgan fingerprint density at radius 1 is 1.27 bits per heavy atom. The molecule has 1 atom stereocenters. The van der Waals surface area contributed by atoms with Gasteiger partial charge in [-0.25, -0.2) is 4.98 Å². The fourth-order valence-corrected chi connectivity index (χ4v) is 3.54. The smallest absolute Gasteiger partial charge is 0.287 e. The Kier molecular flexibility index (Phi) is 5.70. The molecule has 156 valence electrons. The van der Waals surface area contributed by atoms with Gasteiger partial charge in [0.05, 0.1) is 0 Å². The first-order chi connectivity index (χ1) is 14.5. The van der Waals surface area contributed by atoms with Gasteiger partial charge in [0.2, 0.25) is 5.91 Å². The monoisotopic (exact) mass is 406 g/mol.